The first kappa shape index (κ1) is 17.8. The number of rotatable bonds is 5. The van der Waals surface area contributed by atoms with E-state index in [0.717, 1.165) is 5.56 Å². The van der Waals surface area contributed by atoms with Crippen molar-refractivity contribution in [3.8, 4) is 0 Å². The van der Waals surface area contributed by atoms with Gasteiger partial charge < -0.3 is 25.4 Å². The predicted octanol–water partition coefficient (Wildman–Crippen LogP) is 0.358. The van der Waals surface area contributed by atoms with Gasteiger partial charge in [-0.15, -0.1) is 0 Å². The molecule has 0 saturated carbocycles. The van der Waals surface area contributed by atoms with Gasteiger partial charge in [0.05, 0.1) is 12.9 Å². The van der Waals surface area contributed by atoms with Crippen molar-refractivity contribution in [2.45, 2.75) is 38.0 Å². The zero-order chi connectivity index (χ0) is 19.0. The molecule has 1 aliphatic rings. The van der Waals surface area contributed by atoms with Gasteiger partial charge in [0.15, 0.2) is 23.2 Å². The van der Waals surface area contributed by atoms with Crippen LogP contribution < -0.4 is 5.32 Å². The fourth-order valence-electron chi connectivity index (χ4n) is 3.17. The van der Waals surface area contributed by atoms with E-state index in [-0.39, 0.29) is 6.61 Å². The molecule has 0 amide bonds. The number of nitrogens with one attached hydrogen (secondary N) is 1. The number of fused-ring (bicyclic) bond motifs is 1. The third-order valence-corrected chi connectivity index (χ3v) is 4.73. The molecule has 142 valence electrons. The molecule has 4 atom stereocenters. The molecule has 1 aliphatic heterocycles. The lowest BCUT2D eigenvalue weighted by Crippen LogP contribution is -2.33. The summed E-state index contributed by atoms with van der Waals surface area (Å²) in [6.45, 7) is 2.22. The van der Waals surface area contributed by atoms with Crippen molar-refractivity contribution in [3.63, 3.8) is 0 Å². The molecule has 2 aromatic heterocycles. The largest absolute Gasteiger partial charge is 0.394 e. The van der Waals surface area contributed by atoms with Gasteiger partial charge in [0, 0.05) is 6.54 Å². The van der Waals surface area contributed by atoms with Crippen LogP contribution in [0.2, 0.25) is 0 Å². The van der Waals surface area contributed by atoms with Gasteiger partial charge >= 0.3 is 0 Å². The number of ether oxygens (including phenoxy) is 1. The summed E-state index contributed by atoms with van der Waals surface area (Å²) < 4.78 is 7.10. The Morgan fingerprint density at radius 1 is 1.11 bits per heavy atom. The average molecular weight is 371 g/mol. The lowest BCUT2D eigenvalue weighted by atomic mass is 10.1. The number of anilines is 1. The SMILES string of the molecule is Cc1ccc(CNc2ncnc3c2ncn3[C@@H]2O[C@H](CO)[C@@H](O)[C@H]2O)cc1. The number of hydrogen-bond donors (Lipinski definition) is 4. The second-order valence-corrected chi connectivity index (χ2v) is 6.61. The molecule has 9 nitrogen and oxygen atoms in total. The Hall–Kier alpha value is -2.59. The summed E-state index contributed by atoms with van der Waals surface area (Å²) in [5, 5.41) is 32.7. The Morgan fingerprint density at radius 3 is 2.59 bits per heavy atom. The second kappa shape index (κ2) is 7.20. The first-order valence-electron chi connectivity index (χ1n) is 8.68. The zero-order valence-electron chi connectivity index (χ0n) is 14.7. The van der Waals surface area contributed by atoms with E-state index < -0.39 is 24.5 Å². The molecule has 1 aromatic carbocycles. The van der Waals surface area contributed by atoms with Crippen LogP contribution in [-0.4, -0.2) is 59.8 Å². The number of aromatic nitrogens is 4. The highest BCUT2D eigenvalue weighted by atomic mass is 16.6. The number of aryl methyl sites for hydroxylation is 1. The van der Waals surface area contributed by atoms with Crippen molar-refractivity contribution in [2.24, 2.45) is 0 Å². The van der Waals surface area contributed by atoms with Gasteiger partial charge in [-0.05, 0) is 12.5 Å². The summed E-state index contributed by atoms with van der Waals surface area (Å²) in [6, 6.07) is 8.17. The lowest BCUT2D eigenvalue weighted by molar-refractivity contribution is -0.0511. The third kappa shape index (κ3) is 3.26. The molecule has 0 radical (unpaired) electrons. The maximum absolute atomic E-state index is 10.2. The Bertz CT molecular complexity index is 929. The number of hydrogen-bond acceptors (Lipinski definition) is 8. The van der Waals surface area contributed by atoms with Crippen molar-refractivity contribution >= 4 is 17.0 Å². The molecule has 1 fully saturated rings. The van der Waals surface area contributed by atoms with Gasteiger partial charge in [-0.3, -0.25) is 4.57 Å². The van der Waals surface area contributed by atoms with Crippen molar-refractivity contribution in [1.82, 2.24) is 19.5 Å². The highest BCUT2D eigenvalue weighted by Gasteiger charge is 2.44. The minimum Gasteiger partial charge on any atom is -0.394 e. The Balaban J connectivity index is 1.59. The van der Waals surface area contributed by atoms with E-state index in [9.17, 15) is 15.3 Å². The van der Waals surface area contributed by atoms with Crippen molar-refractivity contribution in [3.05, 3.63) is 48.0 Å². The minimum absolute atomic E-state index is 0.389. The number of benzene rings is 1. The Kier molecular flexibility index (Phi) is 4.75. The van der Waals surface area contributed by atoms with Crippen LogP contribution in [-0.2, 0) is 11.3 Å². The molecule has 27 heavy (non-hydrogen) atoms. The first-order valence-corrected chi connectivity index (χ1v) is 8.68. The molecular formula is C18H21N5O4. The van der Waals surface area contributed by atoms with Gasteiger partial charge in [0.1, 0.15) is 24.6 Å². The van der Waals surface area contributed by atoms with Gasteiger partial charge in [-0.1, -0.05) is 29.8 Å². The van der Waals surface area contributed by atoms with Crippen LogP contribution in [0.1, 0.15) is 17.4 Å². The van der Waals surface area contributed by atoms with E-state index in [0.29, 0.717) is 23.5 Å². The number of imidazole rings is 1. The molecule has 3 heterocycles. The fraction of sp³-hybridized carbons (Fsp3) is 0.389. The van der Waals surface area contributed by atoms with Crippen LogP contribution in [0.15, 0.2) is 36.9 Å². The maximum atomic E-state index is 10.2. The van der Waals surface area contributed by atoms with Crippen LogP contribution >= 0.6 is 0 Å². The van der Waals surface area contributed by atoms with Gasteiger partial charge in [-0.25, -0.2) is 15.0 Å². The van der Waals surface area contributed by atoms with E-state index in [1.165, 1.54) is 22.8 Å². The highest BCUT2D eigenvalue weighted by Crippen LogP contribution is 2.32. The normalized spacial score (nSPS) is 25.2. The molecule has 0 spiro atoms. The van der Waals surface area contributed by atoms with E-state index in [1.54, 1.807) is 0 Å². The molecule has 9 heteroatoms. The smallest absolute Gasteiger partial charge is 0.167 e. The first-order chi connectivity index (χ1) is 13.1. The summed E-state index contributed by atoms with van der Waals surface area (Å²) >= 11 is 0. The maximum Gasteiger partial charge on any atom is 0.167 e. The highest BCUT2D eigenvalue weighted by molar-refractivity contribution is 5.82. The number of nitrogens with zero attached hydrogens (tertiary/aromatic N) is 4. The molecule has 4 rings (SSSR count). The summed E-state index contributed by atoms with van der Waals surface area (Å²) in [5.74, 6) is 0.561. The summed E-state index contributed by atoms with van der Waals surface area (Å²) in [7, 11) is 0. The van der Waals surface area contributed by atoms with E-state index in [1.807, 2.05) is 31.2 Å². The van der Waals surface area contributed by atoms with Crippen LogP contribution in [0.3, 0.4) is 0 Å². The minimum atomic E-state index is -1.20. The number of aliphatic hydroxyl groups excluding tert-OH is 3. The Morgan fingerprint density at radius 2 is 1.89 bits per heavy atom. The molecule has 0 unspecified atom stereocenters. The van der Waals surface area contributed by atoms with Gasteiger partial charge in [0.2, 0.25) is 0 Å². The van der Waals surface area contributed by atoms with Gasteiger partial charge in [-0.2, -0.15) is 0 Å². The van der Waals surface area contributed by atoms with Crippen LogP contribution in [0.25, 0.3) is 11.2 Å². The van der Waals surface area contributed by atoms with Crippen molar-refractivity contribution in [1.29, 1.82) is 0 Å². The summed E-state index contributed by atoms with van der Waals surface area (Å²) in [5.41, 5.74) is 3.30. The lowest BCUT2D eigenvalue weighted by Gasteiger charge is -2.16. The monoisotopic (exact) mass is 371 g/mol. The molecule has 0 bridgehead atoms. The molecule has 3 aromatic rings. The molecule has 1 saturated heterocycles. The third-order valence-electron chi connectivity index (χ3n) is 4.73. The van der Waals surface area contributed by atoms with Crippen LogP contribution in [0.5, 0.6) is 0 Å². The van der Waals surface area contributed by atoms with E-state index in [2.05, 4.69) is 20.3 Å². The topological polar surface area (TPSA) is 126 Å². The summed E-state index contributed by atoms with van der Waals surface area (Å²) in [4.78, 5) is 12.8. The molecular weight excluding hydrogens is 350 g/mol. The van der Waals surface area contributed by atoms with E-state index in [4.69, 9.17) is 4.74 Å². The van der Waals surface area contributed by atoms with Crippen LogP contribution in [0.4, 0.5) is 5.82 Å². The standard InChI is InChI=1S/C18H21N5O4/c1-10-2-4-11(5-3-10)6-19-16-13-17(21-8-20-16)23(9-22-13)18-15(26)14(25)12(7-24)27-18/h2-5,8-9,12,14-15,18,24-26H,6-7H2,1H3,(H,19,20,21)/t12-,14-,15-,18-/m1/s1. The van der Waals surface area contributed by atoms with E-state index >= 15 is 0 Å². The second-order valence-electron chi connectivity index (χ2n) is 6.61. The quantitative estimate of drug-likeness (QED) is 0.507. The number of aliphatic hydroxyl groups is 3. The average Bonchev–Trinajstić information content (AvgIpc) is 3.23. The molecule has 0 aliphatic carbocycles. The summed E-state index contributed by atoms with van der Waals surface area (Å²) in [6.07, 6.45) is -1.24. The fourth-order valence-corrected chi connectivity index (χ4v) is 3.17. The van der Waals surface area contributed by atoms with Crippen molar-refractivity contribution in [2.75, 3.05) is 11.9 Å². The predicted molar refractivity (Wildman–Crippen MR) is 96.8 cm³/mol. The Labute approximate surface area is 155 Å². The molecule has 4 N–H and O–H groups in total. The zero-order valence-corrected chi connectivity index (χ0v) is 14.7. The van der Waals surface area contributed by atoms with Gasteiger partial charge in [0.25, 0.3) is 0 Å². The van der Waals surface area contributed by atoms with Crippen molar-refractivity contribution < 1.29 is 20.1 Å². The van der Waals surface area contributed by atoms with Crippen LogP contribution in [0, 0.1) is 6.92 Å².